The first-order valence-corrected chi connectivity index (χ1v) is 5.78. The van der Waals surface area contributed by atoms with Gasteiger partial charge < -0.3 is 4.52 Å². The van der Waals surface area contributed by atoms with Crippen molar-refractivity contribution >= 4 is 22.6 Å². The van der Waals surface area contributed by atoms with Crippen molar-refractivity contribution in [3.05, 3.63) is 35.7 Å². The molecule has 2 aromatic rings. The Morgan fingerprint density at radius 2 is 2.00 bits per heavy atom. The van der Waals surface area contributed by atoms with Crippen LogP contribution in [-0.4, -0.2) is 10.1 Å². The van der Waals surface area contributed by atoms with E-state index in [2.05, 4.69) is 39.7 Å². The number of hydrogen-bond acceptors (Lipinski definition) is 3. The van der Waals surface area contributed by atoms with Crippen LogP contribution in [0.25, 0.3) is 11.4 Å². The molecule has 0 atom stereocenters. The first-order chi connectivity index (χ1) is 6.79. The van der Waals surface area contributed by atoms with Gasteiger partial charge in [-0.25, -0.2) is 0 Å². The van der Waals surface area contributed by atoms with Gasteiger partial charge >= 0.3 is 0 Å². The molecule has 0 N–H and O–H groups in total. The summed E-state index contributed by atoms with van der Waals surface area (Å²) in [5.41, 5.74) is 2.22. The second kappa shape index (κ2) is 4.08. The number of aryl methyl sites for hydroxylation is 1. The fourth-order valence-electron chi connectivity index (χ4n) is 1.13. The number of aromatic nitrogens is 2. The van der Waals surface area contributed by atoms with E-state index in [9.17, 15) is 0 Å². The van der Waals surface area contributed by atoms with Crippen molar-refractivity contribution in [2.45, 2.75) is 11.4 Å². The monoisotopic (exact) mass is 300 g/mol. The zero-order chi connectivity index (χ0) is 9.97. The van der Waals surface area contributed by atoms with E-state index in [1.807, 2.05) is 24.3 Å². The Bertz CT molecular complexity index is 422. The van der Waals surface area contributed by atoms with Gasteiger partial charge in [0.1, 0.15) is 0 Å². The normalized spacial score (nSPS) is 10.4. The summed E-state index contributed by atoms with van der Waals surface area (Å²) in [6.45, 7) is 2.05. The first-order valence-electron chi connectivity index (χ1n) is 4.25. The summed E-state index contributed by atoms with van der Waals surface area (Å²) < 4.78 is 5.78. The van der Waals surface area contributed by atoms with Crippen LogP contribution in [0, 0.1) is 6.92 Å². The number of benzene rings is 1. The molecule has 0 fully saturated rings. The predicted octanol–water partition coefficient (Wildman–Crippen LogP) is 2.98. The third kappa shape index (κ3) is 1.95. The van der Waals surface area contributed by atoms with Crippen LogP contribution >= 0.6 is 22.6 Å². The summed E-state index contributed by atoms with van der Waals surface area (Å²) in [5, 5.41) is 3.90. The lowest BCUT2D eigenvalue weighted by Gasteiger charge is -1.94. The average Bonchev–Trinajstić information content (AvgIpc) is 2.67. The molecule has 0 aliphatic rings. The van der Waals surface area contributed by atoms with Crippen molar-refractivity contribution in [3.8, 4) is 11.4 Å². The minimum absolute atomic E-state index is 0.664. The summed E-state index contributed by atoms with van der Waals surface area (Å²) in [6, 6.07) is 8.07. The standard InChI is InChI=1S/C10H9IN2O/c1-7-2-4-8(5-3-7)10-12-9(6-11)14-13-10/h2-5H,6H2,1H3. The van der Waals surface area contributed by atoms with Crippen LogP contribution in [0.1, 0.15) is 11.5 Å². The molecule has 1 heterocycles. The number of hydrogen-bond donors (Lipinski definition) is 0. The van der Waals surface area contributed by atoms with Crippen molar-refractivity contribution in [2.75, 3.05) is 0 Å². The maximum absolute atomic E-state index is 5.03. The minimum Gasteiger partial charge on any atom is -0.338 e. The SMILES string of the molecule is Cc1ccc(-c2noc(CI)n2)cc1. The summed E-state index contributed by atoms with van der Waals surface area (Å²) in [7, 11) is 0. The molecule has 72 valence electrons. The van der Waals surface area contributed by atoms with E-state index in [0.29, 0.717) is 11.7 Å². The Balaban J connectivity index is 2.34. The summed E-state index contributed by atoms with van der Waals surface area (Å²) in [4.78, 5) is 4.24. The highest BCUT2D eigenvalue weighted by molar-refractivity contribution is 14.1. The van der Waals surface area contributed by atoms with Crippen LogP contribution in [0.5, 0.6) is 0 Å². The Morgan fingerprint density at radius 1 is 1.29 bits per heavy atom. The highest BCUT2D eigenvalue weighted by atomic mass is 127. The molecule has 0 radical (unpaired) electrons. The number of rotatable bonds is 2. The zero-order valence-corrected chi connectivity index (χ0v) is 9.85. The maximum Gasteiger partial charge on any atom is 0.236 e. The lowest BCUT2D eigenvalue weighted by Crippen LogP contribution is -1.81. The van der Waals surface area contributed by atoms with E-state index < -0.39 is 0 Å². The quantitative estimate of drug-likeness (QED) is 0.632. The number of nitrogens with zero attached hydrogens (tertiary/aromatic N) is 2. The fraction of sp³-hybridized carbons (Fsp3) is 0.200. The second-order valence-electron chi connectivity index (χ2n) is 3.01. The largest absolute Gasteiger partial charge is 0.338 e. The summed E-state index contributed by atoms with van der Waals surface area (Å²) in [5.74, 6) is 1.33. The topological polar surface area (TPSA) is 38.9 Å². The predicted molar refractivity (Wildman–Crippen MR) is 62.2 cm³/mol. The Labute approximate surface area is 95.7 Å². The van der Waals surface area contributed by atoms with Crippen molar-refractivity contribution in [1.29, 1.82) is 0 Å². The number of alkyl halides is 1. The molecule has 0 spiro atoms. The van der Waals surface area contributed by atoms with Gasteiger partial charge in [0.15, 0.2) is 0 Å². The van der Waals surface area contributed by atoms with Gasteiger partial charge in [-0.1, -0.05) is 57.6 Å². The van der Waals surface area contributed by atoms with Crippen molar-refractivity contribution < 1.29 is 4.52 Å². The maximum atomic E-state index is 5.03. The Morgan fingerprint density at radius 3 is 2.57 bits per heavy atom. The molecular weight excluding hydrogens is 291 g/mol. The lowest BCUT2D eigenvalue weighted by atomic mass is 10.1. The van der Waals surface area contributed by atoms with Gasteiger partial charge in [-0.2, -0.15) is 4.98 Å². The summed E-state index contributed by atoms with van der Waals surface area (Å²) in [6.07, 6.45) is 0. The molecule has 0 aliphatic heterocycles. The van der Waals surface area contributed by atoms with Crippen molar-refractivity contribution in [2.24, 2.45) is 0 Å². The molecule has 3 nitrogen and oxygen atoms in total. The summed E-state index contributed by atoms with van der Waals surface area (Å²) >= 11 is 2.20. The van der Waals surface area contributed by atoms with Gasteiger partial charge in [-0.15, -0.1) is 0 Å². The van der Waals surface area contributed by atoms with E-state index in [1.54, 1.807) is 0 Å². The van der Waals surface area contributed by atoms with Gasteiger partial charge in [-0.3, -0.25) is 0 Å². The molecule has 0 unspecified atom stereocenters. The van der Waals surface area contributed by atoms with Gasteiger partial charge in [0.05, 0.1) is 4.43 Å². The fourth-order valence-corrected chi connectivity index (χ4v) is 1.44. The molecule has 4 heteroatoms. The van der Waals surface area contributed by atoms with Gasteiger partial charge in [-0.05, 0) is 6.92 Å². The van der Waals surface area contributed by atoms with Crippen LogP contribution in [-0.2, 0) is 4.43 Å². The molecule has 2 rings (SSSR count). The van der Waals surface area contributed by atoms with Crippen LogP contribution < -0.4 is 0 Å². The van der Waals surface area contributed by atoms with E-state index in [4.69, 9.17) is 4.52 Å². The second-order valence-corrected chi connectivity index (χ2v) is 3.77. The third-order valence-electron chi connectivity index (χ3n) is 1.89. The molecule has 1 aromatic heterocycles. The highest BCUT2D eigenvalue weighted by Crippen LogP contribution is 2.16. The molecule has 1 aromatic carbocycles. The molecule has 0 saturated carbocycles. The average molecular weight is 300 g/mol. The number of halogens is 1. The van der Waals surface area contributed by atoms with Gasteiger partial charge in [0.25, 0.3) is 0 Å². The van der Waals surface area contributed by atoms with Crippen LogP contribution in [0.3, 0.4) is 0 Å². The molecule has 14 heavy (non-hydrogen) atoms. The third-order valence-corrected chi connectivity index (χ3v) is 2.54. The smallest absolute Gasteiger partial charge is 0.236 e. The Hall–Kier alpha value is -0.910. The first kappa shape index (κ1) is 9.64. The zero-order valence-electron chi connectivity index (χ0n) is 7.70. The van der Waals surface area contributed by atoms with Crippen molar-refractivity contribution in [3.63, 3.8) is 0 Å². The van der Waals surface area contributed by atoms with Crippen molar-refractivity contribution in [1.82, 2.24) is 10.1 Å². The molecule has 0 amide bonds. The molecule has 0 aliphatic carbocycles. The molecular formula is C10H9IN2O. The van der Waals surface area contributed by atoms with Crippen LogP contribution in [0.4, 0.5) is 0 Å². The van der Waals surface area contributed by atoms with E-state index >= 15 is 0 Å². The Kier molecular flexibility index (Phi) is 2.81. The van der Waals surface area contributed by atoms with Crippen LogP contribution in [0.2, 0.25) is 0 Å². The van der Waals surface area contributed by atoms with Crippen LogP contribution in [0.15, 0.2) is 28.8 Å². The lowest BCUT2D eigenvalue weighted by molar-refractivity contribution is 0.393. The molecule has 0 saturated heterocycles. The minimum atomic E-state index is 0.664. The highest BCUT2D eigenvalue weighted by Gasteiger charge is 2.06. The van der Waals surface area contributed by atoms with E-state index in [-0.39, 0.29) is 0 Å². The molecule has 0 bridgehead atoms. The van der Waals surface area contributed by atoms with Gasteiger partial charge in [0, 0.05) is 5.56 Å². The van der Waals surface area contributed by atoms with E-state index in [0.717, 1.165) is 9.99 Å². The van der Waals surface area contributed by atoms with E-state index in [1.165, 1.54) is 5.56 Å². The van der Waals surface area contributed by atoms with Gasteiger partial charge in [0.2, 0.25) is 11.7 Å².